The molecule has 1 aromatic heterocycles. The highest BCUT2D eigenvalue weighted by Gasteiger charge is 2.45. The Labute approximate surface area is 143 Å². The van der Waals surface area contributed by atoms with E-state index in [1.165, 1.54) is 0 Å². The molecule has 1 aromatic carbocycles. The summed E-state index contributed by atoms with van der Waals surface area (Å²) in [6.45, 7) is 7.73. The summed E-state index contributed by atoms with van der Waals surface area (Å²) in [7, 11) is 0. The Kier molecular flexibility index (Phi) is 5.21. The smallest absolute Gasteiger partial charge is 0.197 e. The van der Waals surface area contributed by atoms with Gasteiger partial charge in [-0.05, 0) is 44.5 Å². The van der Waals surface area contributed by atoms with Gasteiger partial charge in [-0.25, -0.2) is 4.98 Å². The maximum atomic E-state index is 6.27. The van der Waals surface area contributed by atoms with Crippen LogP contribution < -0.4 is 4.74 Å². The van der Waals surface area contributed by atoms with Crippen molar-refractivity contribution in [2.24, 2.45) is 0 Å². The molecule has 2 unspecified atom stereocenters. The van der Waals surface area contributed by atoms with Crippen LogP contribution in [0.1, 0.15) is 39.2 Å². The molecule has 130 valence electrons. The van der Waals surface area contributed by atoms with Crippen molar-refractivity contribution in [1.29, 1.82) is 0 Å². The number of ether oxygens (including phenoxy) is 3. The molecular weight excluding hydrogens is 304 g/mol. The summed E-state index contributed by atoms with van der Waals surface area (Å²) in [5.74, 6) is 0.163. The van der Waals surface area contributed by atoms with E-state index in [-0.39, 0.29) is 12.2 Å². The molecule has 2 atom stereocenters. The van der Waals surface area contributed by atoms with Crippen LogP contribution in [0.2, 0.25) is 0 Å². The minimum absolute atomic E-state index is 0.0591. The second-order valence-corrected chi connectivity index (χ2v) is 6.32. The molecule has 1 aliphatic heterocycles. The molecule has 0 bridgehead atoms. The molecule has 2 aromatic rings. The van der Waals surface area contributed by atoms with Crippen LogP contribution in [0.3, 0.4) is 0 Å². The molecule has 0 aliphatic carbocycles. The third-order valence-electron chi connectivity index (χ3n) is 4.44. The highest BCUT2D eigenvalue weighted by molar-refractivity contribution is 5.30. The number of hydrogen-bond donors (Lipinski definition) is 0. The number of hydrogen-bond acceptors (Lipinski definition) is 4. The average Bonchev–Trinajstić information content (AvgIpc) is 3.21. The highest BCUT2D eigenvalue weighted by atomic mass is 16.8. The molecule has 2 heterocycles. The van der Waals surface area contributed by atoms with Crippen LogP contribution in [0, 0.1) is 0 Å². The first kappa shape index (κ1) is 17.0. The molecule has 0 spiro atoms. The van der Waals surface area contributed by atoms with Crippen molar-refractivity contribution in [3.63, 3.8) is 0 Å². The van der Waals surface area contributed by atoms with Gasteiger partial charge in [-0.3, -0.25) is 0 Å². The molecule has 1 saturated heterocycles. The van der Waals surface area contributed by atoms with E-state index in [2.05, 4.69) is 25.8 Å². The number of imidazole rings is 1. The SMILES string of the molecule is CCCOc1ccc(C2(CCn3ccnc3)OC(C)C(C)O2)cc1. The maximum absolute atomic E-state index is 6.27. The summed E-state index contributed by atoms with van der Waals surface area (Å²) in [4.78, 5) is 4.10. The molecule has 1 aliphatic rings. The Bertz CT molecular complexity index is 615. The second kappa shape index (κ2) is 7.36. The summed E-state index contributed by atoms with van der Waals surface area (Å²) >= 11 is 0. The monoisotopic (exact) mass is 330 g/mol. The standard InChI is InChI=1S/C19H26N2O3/c1-4-13-22-18-7-5-17(6-8-18)19(23-15(2)16(3)24-19)9-11-21-12-10-20-14-21/h5-8,10,12,14-16H,4,9,11,13H2,1-3H3. The largest absolute Gasteiger partial charge is 0.494 e. The number of nitrogens with zero attached hydrogens (tertiary/aromatic N) is 2. The van der Waals surface area contributed by atoms with Crippen LogP contribution in [0.5, 0.6) is 5.75 Å². The van der Waals surface area contributed by atoms with Crippen LogP contribution in [0.15, 0.2) is 43.0 Å². The molecule has 0 N–H and O–H groups in total. The minimum atomic E-state index is -0.716. The Morgan fingerprint density at radius 3 is 2.46 bits per heavy atom. The molecule has 1 fully saturated rings. The molecule has 0 amide bonds. The zero-order valence-electron chi connectivity index (χ0n) is 14.6. The van der Waals surface area contributed by atoms with Gasteiger partial charge in [0.1, 0.15) is 5.75 Å². The van der Waals surface area contributed by atoms with Crippen LogP contribution in [-0.4, -0.2) is 28.4 Å². The third-order valence-corrected chi connectivity index (χ3v) is 4.44. The van der Waals surface area contributed by atoms with Gasteiger partial charge in [0.15, 0.2) is 5.79 Å². The molecule has 3 rings (SSSR count). The fourth-order valence-corrected chi connectivity index (χ4v) is 2.94. The van der Waals surface area contributed by atoms with Crippen LogP contribution in [0.4, 0.5) is 0 Å². The lowest BCUT2D eigenvalue weighted by Crippen LogP contribution is -2.29. The van der Waals surface area contributed by atoms with Crippen molar-refractivity contribution in [2.75, 3.05) is 6.61 Å². The number of benzene rings is 1. The van der Waals surface area contributed by atoms with Gasteiger partial charge in [-0.1, -0.05) is 6.92 Å². The van der Waals surface area contributed by atoms with Gasteiger partial charge < -0.3 is 18.8 Å². The fourth-order valence-electron chi connectivity index (χ4n) is 2.94. The van der Waals surface area contributed by atoms with Crippen molar-refractivity contribution >= 4 is 0 Å². The minimum Gasteiger partial charge on any atom is -0.494 e. The normalized spacial score (nSPS) is 26.6. The molecular formula is C19H26N2O3. The van der Waals surface area contributed by atoms with E-state index < -0.39 is 5.79 Å². The quantitative estimate of drug-likeness (QED) is 0.776. The lowest BCUT2D eigenvalue weighted by molar-refractivity contribution is -0.188. The molecule has 5 heteroatoms. The van der Waals surface area contributed by atoms with E-state index in [0.717, 1.165) is 37.3 Å². The Balaban J connectivity index is 1.79. The predicted molar refractivity (Wildman–Crippen MR) is 91.8 cm³/mol. The third kappa shape index (κ3) is 3.62. The first-order valence-electron chi connectivity index (χ1n) is 8.67. The summed E-state index contributed by atoms with van der Waals surface area (Å²) in [5, 5.41) is 0. The number of aryl methyl sites for hydroxylation is 1. The fraction of sp³-hybridized carbons (Fsp3) is 0.526. The maximum Gasteiger partial charge on any atom is 0.197 e. The summed E-state index contributed by atoms with van der Waals surface area (Å²) < 4.78 is 20.3. The van der Waals surface area contributed by atoms with Gasteiger partial charge in [0.25, 0.3) is 0 Å². The van der Waals surface area contributed by atoms with E-state index in [4.69, 9.17) is 14.2 Å². The van der Waals surface area contributed by atoms with Crippen molar-refractivity contribution in [2.45, 2.75) is 58.2 Å². The van der Waals surface area contributed by atoms with Gasteiger partial charge in [0.05, 0.1) is 25.1 Å². The molecule has 24 heavy (non-hydrogen) atoms. The van der Waals surface area contributed by atoms with Crippen LogP contribution in [0.25, 0.3) is 0 Å². The highest BCUT2D eigenvalue weighted by Crippen LogP contribution is 2.41. The first-order chi connectivity index (χ1) is 11.6. The van der Waals surface area contributed by atoms with Gasteiger partial charge in [0.2, 0.25) is 0 Å². The second-order valence-electron chi connectivity index (χ2n) is 6.32. The molecule has 0 radical (unpaired) electrons. The molecule has 5 nitrogen and oxygen atoms in total. The summed E-state index contributed by atoms with van der Waals surface area (Å²) in [6.07, 6.45) is 7.40. The lowest BCUT2D eigenvalue weighted by atomic mass is 10.0. The number of rotatable bonds is 7. The predicted octanol–water partition coefficient (Wildman–Crippen LogP) is 3.74. The lowest BCUT2D eigenvalue weighted by Gasteiger charge is -2.29. The number of aromatic nitrogens is 2. The van der Waals surface area contributed by atoms with E-state index in [1.807, 2.05) is 41.4 Å². The zero-order chi connectivity index (χ0) is 17.0. The van der Waals surface area contributed by atoms with Crippen LogP contribution >= 0.6 is 0 Å². The van der Waals surface area contributed by atoms with Crippen molar-refractivity contribution in [3.8, 4) is 5.75 Å². The van der Waals surface area contributed by atoms with E-state index in [9.17, 15) is 0 Å². The van der Waals surface area contributed by atoms with E-state index >= 15 is 0 Å². The molecule has 0 saturated carbocycles. The van der Waals surface area contributed by atoms with Crippen molar-refractivity contribution in [1.82, 2.24) is 9.55 Å². The zero-order valence-corrected chi connectivity index (χ0v) is 14.6. The van der Waals surface area contributed by atoms with Gasteiger partial charge in [0, 0.05) is 30.9 Å². The topological polar surface area (TPSA) is 45.5 Å². The Hall–Kier alpha value is -1.85. The summed E-state index contributed by atoms with van der Waals surface area (Å²) in [6, 6.07) is 8.07. The van der Waals surface area contributed by atoms with Gasteiger partial charge in [-0.15, -0.1) is 0 Å². The Morgan fingerprint density at radius 2 is 1.88 bits per heavy atom. The van der Waals surface area contributed by atoms with Crippen LogP contribution in [-0.2, 0) is 21.8 Å². The summed E-state index contributed by atoms with van der Waals surface area (Å²) in [5.41, 5.74) is 1.03. The van der Waals surface area contributed by atoms with Crippen molar-refractivity contribution in [3.05, 3.63) is 48.5 Å². The van der Waals surface area contributed by atoms with Gasteiger partial charge in [-0.2, -0.15) is 0 Å². The van der Waals surface area contributed by atoms with E-state index in [0.29, 0.717) is 0 Å². The average molecular weight is 330 g/mol. The van der Waals surface area contributed by atoms with Gasteiger partial charge >= 0.3 is 0 Å². The van der Waals surface area contributed by atoms with E-state index in [1.54, 1.807) is 6.20 Å². The first-order valence-corrected chi connectivity index (χ1v) is 8.67. The van der Waals surface area contributed by atoms with Crippen molar-refractivity contribution < 1.29 is 14.2 Å². The Morgan fingerprint density at radius 1 is 1.17 bits per heavy atom.